The summed E-state index contributed by atoms with van der Waals surface area (Å²) in [5, 5.41) is 21.2. The zero-order valence-corrected chi connectivity index (χ0v) is 19.0. The zero-order chi connectivity index (χ0) is 23.4. The highest BCUT2D eigenvalue weighted by molar-refractivity contribution is 6.30. The Morgan fingerprint density at radius 1 is 0.909 bits per heavy atom. The monoisotopic (exact) mass is 485 g/mol. The summed E-state index contributed by atoms with van der Waals surface area (Å²) in [6.45, 7) is 0.867. The Balaban J connectivity index is 1.58. The molecule has 0 saturated carbocycles. The number of aryl methyl sites for hydroxylation is 2. The number of hydrogen-bond acceptors (Lipinski definition) is 5. The van der Waals surface area contributed by atoms with Crippen LogP contribution in [0.15, 0.2) is 76.6 Å². The van der Waals surface area contributed by atoms with Crippen LogP contribution in [0.25, 0.3) is 0 Å². The molecule has 4 rings (SSSR count). The number of aromatic amines is 1. The van der Waals surface area contributed by atoms with Crippen molar-refractivity contribution < 1.29 is 5.11 Å². The minimum Gasteiger partial charge on any atom is -0.380 e. The van der Waals surface area contributed by atoms with Crippen molar-refractivity contribution in [2.24, 2.45) is 0 Å². The van der Waals surface area contributed by atoms with Crippen LogP contribution in [0.1, 0.15) is 23.2 Å². The summed E-state index contributed by atoms with van der Waals surface area (Å²) in [6.07, 6.45) is 3.86. The van der Waals surface area contributed by atoms with Crippen LogP contribution in [0, 0.1) is 0 Å². The van der Waals surface area contributed by atoms with Crippen LogP contribution >= 0.6 is 23.2 Å². The van der Waals surface area contributed by atoms with Gasteiger partial charge in [-0.2, -0.15) is 0 Å². The van der Waals surface area contributed by atoms with E-state index in [0.29, 0.717) is 40.7 Å². The summed E-state index contributed by atoms with van der Waals surface area (Å²) in [5.41, 5.74) is -0.204. The zero-order valence-electron chi connectivity index (χ0n) is 17.5. The molecular weight excluding hydrogens is 465 g/mol. The predicted octanol–water partition coefficient (Wildman–Crippen LogP) is 3.00. The van der Waals surface area contributed by atoms with E-state index < -0.39 is 16.9 Å². The van der Waals surface area contributed by atoms with Crippen LogP contribution < -0.4 is 11.2 Å². The van der Waals surface area contributed by atoms with Gasteiger partial charge in [0.2, 0.25) is 0 Å². The fourth-order valence-corrected chi connectivity index (χ4v) is 3.95. The molecule has 2 aromatic carbocycles. The molecule has 33 heavy (non-hydrogen) atoms. The Bertz CT molecular complexity index is 1300. The first-order valence-electron chi connectivity index (χ1n) is 10.3. The van der Waals surface area contributed by atoms with Crippen LogP contribution in [0.5, 0.6) is 0 Å². The largest absolute Gasteiger partial charge is 0.380 e. The Hall–Kier alpha value is -3.20. The van der Waals surface area contributed by atoms with Crippen molar-refractivity contribution in [1.82, 2.24) is 24.5 Å². The van der Waals surface area contributed by atoms with Gasteiger partial charge in [-0.05, 0) is 41.8 Å². The number of hydrogen-bond donors (Lipinski definition) is 2. The van der Waals surface area contributed by atoms with Gasteiger partial charge in [0.1, 0.15) is 5.60 Å². The van der Waals surface area contributed by atoms with Gasteiger partial charge in [-0.1, -0.05) is 52.7 Å². The van der Waals surface area contributed by atoms with Gasteiger partial charge in [-0.25, -0.2) is 9.48 Å². The molecule has 0 aliphatic rings. The Kier molecular flexibility index (Phi) is 6.78. The molecule has 0 aliphatic heterocycles. The summed E-state index contributed by atoms with van der Waals surface area (Å²) in [7, 11) is 0. The molecule has 0 radical (unpaired) electrons. The van der Waals surface area contributed by atoms with Crippen LogP contribution in [0.4, 0.5) is 0 Å². The van der Waals surface area contributed by atoms with E-state index in [2.05, 4.69) is 15.3 Å². The van der Waals surface area contributed by atoms with Gasteiger partial charge < -0.3 is 9.67 Å². The van der Waals surface area contributed by atoms with E-state index in [1.54, 1.807) is 59.4 Å². The van der Waals surface area contributed by atoms with Crippen LogP contribution in [-0.2, 0) is 25.1 Å². The van der Waals surface area contributed by atoms with Crippen molar-refractivity contribution >= 4 is 23.2 Å². The SMILES string of the molecule is O=c1ccn(CCCn2nncc2CC(O)(c2ccc(Cl)cc2)c2ccc(Cl)cc2)c(=O)[nH]1. The second-order valence-electron chi connectivity index (χ2n) is 7.66. The summed E-state index contributed by atoms with van der Waals surface area (Å²) in [5.74, 6) is 0. The Morgan fingerprint density at radius 3 is 2.09 bits per heavy atom. The van der Waals surface area contributed by atoms with Crippen LogP contribution in [0.2, 0.25) is 10.0 Å². The Labute approximate surface area is 199 Å². The van der Waals surface area contributed by atoms with Crippen molar-refractivity contribution in [2.75, 3.05) is 0 Å². The highest BCUT2D eigenvalue weighted by Gasteiger charge is 2.33. The topological polar surface area (TPSA) is 106 Å². The average molecular weight is 486 g/mol. The van der Waals surface area contributed by atoms with Gasteiger partial charge in [0.05, 0.1) is 11.9 Å². The van der Waals surface area contributed by atoms with E-state index in [4.69, 9.17) is 23.2 Å². The maximum atomic E-state index is 11.9. The van der Waals surface area contributed by atoms with E-state index in [-0.39, 0.29) is 6.42 Å². The lowest BCUT2D eigenvalue weighted by molar-refractivity contribution is 0.0786. The van der Waals surface area contributed by atoms with Gasteiger partial charge in [-0.3, -0.25) is 9.78 Å². The smallest absolute Gasteiger partial charge is 0.328 e. The van der Waals surface area contributed by atoms with Gasteiger partial charge >= 0.3 is 5.69 Å². The molecule has 2 aromatic heterocycles. The molecule has 0 fully saturated rings. The molecule has 0 unspecified atom stereocenters. The van der Waals surface area contributed by atoms with Crippen molar-refractivity contribution in [3.05, 3.63) is 115 Å². The minimum atomic E-state index is -1.37. The lowest BCUT2D eigenvalue weighted by Crippen LogP contribution is -2.31. The van der Waals surface area contributed by atoms with Gasteiger partial charge in [-0.15, -0.1) is 5.10 Å². The Morgan fingerprint density at radius 2 is 1.52 bits per heavy atom. The van der Waals surface area contributed by atoms with Gasteiger partial charge in [0, 0.05) is 41.8 Å². The number of benzene rings is 2. The molecule has 0 bridgehead atoms. The highest BCUT2D eigenvalue weighted by atomic mass is 35.5. The summed E-state index contributed by atoms with van der Waals surface area (Å²) in [4.78, 5) is 25.3. The number of H-pyrrole nitrogens is 1. The second-order valence-corrected chi connectivity index (χ2v) is 8.53. The third kappa shape index (κ3) is 5.24. The normalized spacial score (nSPS) is 11.6. The molecule has 2 N–H and O–H groups in total. The van der Waals surface area contributed by atoms with Gasteiger partial charge in [0.25, 0.3) is 5.56 Å². The summed E-state index contributed by atoms with van der Waals surface area (Å²) >= 11 is 12.1. The van der Waals surface area contributed by atoms with Gasteiger partial charge in [0.15, 0.2) is 0 Å². The molecular formula is C23H21Cl2N5O3. The van der Waals surface area contributed by atoms with E-state index in [0.717, 1.165) is 5.69 Å². The average Bonchev–Trinajstić information content (AvgIpc) is 3.22. The molecule has 0 amide bonds. The quantitative estimate of drug-likeness (QED) is 0.399. The van der Waals surface area contributed by atoms with Crippen molar-refractivity contribution in [3.63, 3.8) is 0 Å². The molecule has 2 heterocycles. The third-order valence-electron chi connectivity index (χ3n) is 5.44. The van der Waals surface area contributed by atoms with Crippen molar-refractivity contribution in [1.29, 1.82) is 0 Å². The lowest BCUT2D eigenvalue weighted by Gasteiger charge is -2.29. The second kappa shape index (κ2) is 9.74. The highest BCUT2D eigenvalue weighted by Crippen LogP contribution is 2.34. The summed E-state index contributed by atoms with van der Waals surface area (Å²) in [6, 6.07) is 15.4. The predicted molar refractivity (Wildman–Crippen MR) is 126 cm³/mol. The standard InChI is InChI=1S/C23H21Cl2N5O3/c24-18-6-2-16(3-7-18)23(33,17-4-8-19(25)9-5-17)14-20-15-26-28-30(20)12-1-11-29-13-10-21(31)27-22(29)32/h2-10,13,15,33H,1,11-12,14H2,(H,27,31,32). The maximum absolute atomic E-state index is 11.9. The molecule has 0 atom stereocenters. The molecule has 4 aromatic rings. The minimum absolute atomic E-state index is 0.210. The lowest BCUT2D eigenvalue weighted by atomic mass is 9.82. The fraction of sp³-hybridized carbons (Fsp3) is 0.217. The van der Waals surface area contributed by atoms with Crippen LogP contribution in [-0.4, -0.2) is 29.7 Å². The first-order valence-corrected chi connectivity index (χ1v) is 11.0. The molecule has 0 saturated heterocycles. The number of aliphatic hydroxyl groups is 1. The molecule has 10 heteroatoms. The van der Waals surface area contributed by atoms with E-state index in [1.165, 1.54) is 16.8 Å². The molecule has 170 valence electrons. The van der Waals surface area contributed by atoms with Crippen molar-refractivity contribution in [3.8, 4) is 0 Å². The summed E-state index contributed by atoms with van der Waals surface area (Å²) < 4.78 is 3.13. The first kappa shape index (κ1) is 23.0. The maximum Gasteiger partial charge on any atom is 0.328 e. The molecule has 0 aliphatic carbocycles. The number of nitrogens with zero attached hydrogens (tertiary/aromatic N) is 4. The van der Waals surface area contributed by atoms with E-state index in [9.17, 15) is 14.7 Å². The number of aromatic nitrogens is 5. The third-order valence-corrected chi connectivity index (χ3v) is 5.95. The number of nitrogens with one attached hydrogen (secondary N) is 1. The first-order chi connectivity index (χ1) is 15.8. The number of halogens is 2. The van der Waals surface area contributed by atoms with E-state index in [1.807, 2.05) is 0 Å². The molecule has 8 nitrogen and oxygen atoms in total. The fourth-order valence-electron chi connectivity index (χ4n) is 3.70. The van der Waals surface area contributed by atoms with E-state index >= 15 is 0 Å². The van der Waals surface area contributed by atoms with Crippen molar-refractivity contribution in [2.45, 2.75) is 31.5 Å². The number of rotatable bonds is 8. The van der Waals surface area contributed by atoms with Crippen LogP contribution in [0.3, 0.4) is 0 Å². The molecule has 0 spiro atoms.